The van der Waals surface area contributed by atoms with E-state index in [1.807, 2.05) is 13.0 Å². The van der Waals surface area contributed by atoms with Crippen LogP contribution in [0.1, 0.15) is 34.8 Å². The maximum atomic E-state index is 12.8. The van der Waals surface area contributed by atoms with Crippen molar-refractivity contribution < 1.29 is 14.3 Å². The summed E-state index contributed by atoms with van der Waals surface area (Å²) in [4.78, 5) is 28.7. The van der Waals surface area contributed by atoms with Crippen LogP contribution < -0.4 is 0 Å². The second kappa shape index (κ2) is 7.34. The summed E-state index contributed by atoms with van der Waals surface area (Å²) < 4.78 is 5.08. The lowest BCUT2D eigenvalue weighted by molar-refractivity contribution is -0.147. The minimum absolute atomic E-state index is 0.0298. The van der Waals surface area contributed by atoms with E-state index in [9.17, 15) is 9.59 Å². The number of fused-ring (bicyclic) bond motifs is 1. The van der Waals surface area contributed by atoms with Crippen molar-refractivity contribution in [1.29, 1.82) is 0 Å². The number of hydrogen-bond donors (Lipinski definition) is 0. The van der Waals surface area contributed by atoms with Gasteiger partial charge in [0.2, 0.25) is 0 Å². The van der Waals surface area contributed by atoms with Crippen molar-refractivity contribution >= 4 is 11.9 Å². The standard InChI is InChI=1S/C19H26N2O3/c1-3-24-19(23)17-8-11-21(13-17)18(22)16-5-4-14-6-9-20(2)10-7-15(14)12-16/h4-5,12,17H,3,6-11,13H2,1-2H3/t17-/m1/s1. The number of carbonyl (C=O) groups excluding carboxylic acids is 2. The molecule has 0 spiro atoms. The molecule has 1 fully saturated rings. The van der Waals surface area contributed by atoms with Gasteiger partial charge in [0, 0.05) is 31.7 Å². The van der Waals surface area contributed by atoms with Gasteiger partial charge in [-0.25, -0.2) is 0 Å². The van der Waals surface area contributed by atoms with E-state index in [0.29, 0.717) is 26.1 Å². The number of likely N-dealkylation sites (N-methyl/N-ethyl adjacent to an activating group) is 1. The summed E-state index contributed by atoms with van der Waals surface area (Å²) in [6.07, 6.45) is 2.72. The summed E-state index contributed by atoms with van der Waals surface area (Å²) in [5.41, 5.74) is 3.37. The number of likely N-dealkylation sites (tertiary alicyclic amines) is 1. The molecule has 2 aliphatic rings. The van der Waals surface area contributed by atoms with Gasteiger partial charge in [-0.1, -0.05) is 6.07 Å². The molecule has 0 bridgehead atoms. The number of nitrogens with zero attached hydrogens (tertiary/aromatic N) is 2. The van der Waals surface area contributed by atoms with Crippen LogP contribution >= 0.6 is 0 Å². The predicted octanol–water partition coefficient (Wildman–Crippen LogP) is 1.74. The molecule has 2 aliphatic heterocycles. The summed E-state index contributed by atoms with van der Waals surface area (Å²) in [5.74, 6) is -0.330. The normalized spacial score (nSPS) is 21.2. The van der Waals surface area contributed by atoms with Gasteiger partial charge in [-0.3, -0.25) is 9.59 Å². The van der Waals surface area contributed by atoms with Gasteiger partial charge in [0.1, 0.15) is 0 Å². The lowest BCUT2D eigenvalue weighted by Gasteiger charge is -2.17. The molecule has 5 heteroatoms. The molecule has 1 saturated heterocycles. The Bertz CT molecular complexity index is 629. The number of hydrogen-bond acceptors (Lipinski definition) is 4. The highest BCUT2D eigenvalue weighted by molar-refractivity contribution is 5.95. The van der Waals surface area contributed by atoms with Crippen LogP contribution in [-0.2, 0) is 22.4 Å². The summed E-state index contributed by atoms with van der Waals surface area (Å²) >= 11 is 0. The molecule has 130 valence electrons. The zero-order valence-electron chi connectivity index (χ0n) is 14.6. The first-order valence-electron chi connectivity index (χ1n) is 8.84. The molecule has 1 amide bonds. The first-order chi connectivity index (χ1) is 11.6. The molecule has 1 atom stereocenters. The van der Waals surface area contributed by atoms with Gasteiger partial charge in [-0.15, -0.1) is 0 Å². The number of benzene rings is 1. The van der Waals surface area contributed by atoms with Gasteiger partial charge in [0.25, 0.3) is 5.91 Å². The minimum atomic E-state index is -0.183. The van der Waals surface area contributed by atoms with Crippen molar-refractivity contribution in [1.82, 2.24) is 9.80 Å². The van der Waals surface area contributed by atoms with E-state index in [1.165, 1.54) is 11.1 Å². The van der Waals surface area contributed by atoms with Crippen molar-refractivity contribution in [3.05, 3.63) is 34.9 Å². The van der Waals surface area contributed by atoms with Crippen molar-refractivity contribution in [2.45, 2.75) is 26.2 Å². The van der Waals surface area contributed by atoms with Crippen molar-refractivity contribution in [2.75, 3.05) is 39.8 Å². The molecule has 0 aromatic heterocycles. The Morgan fingerprint density at radius 3 is 2.67 bits per heavy atom. The molecule has 3 rings (SSSR count). The highest BCUT2D eigenvalue weighted by Crippen LogP contribution is 2.22. The SMILES string of the molecule is CCOC(=O)[C@@H]1CCN(C(=O)c2ccc3c(c2)CCN(C)CC3)C1. The second-order valence-corrected chi connectivity index (χ2v) is 6.78. The van der Waals surface area contributed by atoms with Crippen LogP contribution in [-0.4, -0.2) is 61.5 Å². The van der Waals surface area contributed by atoms with Crippen LogP contribution in [0, 0.1) is 5.92 Å². The fourth-order valence-corrected chi connectivity index (χ4v) is 3.55. The molecule has 2 heterocycles. The van der Waals surface area contributed by atoms with E-state index in [4.69, 9.17) is 4.74 Å². The third kappa shape index (κ3) is 3.61. The Kier molecular flexibility index (Phi) is 5.19. The van der Waals surface area contributed by atoms with E-state index in [0.717, 1.165) is 31.5 Å². The molecular weight excluding hydrogens is 304 g/mol. The van der Waals surface area contributed by atoms with E-state index >= 15 is 0 Å². The molecule has 24 heavy (non-hydrogen) atoms. The zero-order chi connectivity index (χ0) is 17.1. The van der Waals surface area contributed by atoms with Crippen molar-refractivity contribution in [3.8, 4) is 0 Å². The van der Waals surface area contributed by atoms with E-state index in [2.05, 4.69) is 24.1 Å². The number of ether oxygens (including phenoxy) is 1. The number of carbonyl (C=O) groups is 2. The van der Waals surface area contributed by atoms with Crippen LogP contribution in [0.3, 0.4) is 0 Å². The van der Waals surface area contributed by atoms with Gasteiger partial charge in [0.15, 0.2) is 0 Å². The Hall–Kier alpha value is -1.88. The smallest absolute Gasteiger partial charge is 0.310 e. The van der Waals surface area contributed by atoms with Crippen molar-refractivity contribution in [3.63, 3.8) is 0 Å². The lowest BCUT2D eigenvalue weighted by atomic mass is 9.99. The quantitative estimate of drug-likeness (QED) is 0.792. The highest BCUT2D eigenvalue weighted by atomic mass is 16.5. The molecule has 0 unspecified atom stereocenters. The van der Waals surface area contributed by atoms with Crippen LogP contribution in [0.5, 0.6) is 0 Å². The fourth-order valence-electron chi connectivity index (χ4n) is 3.55. The molecule has 1 aromatic carbocycles. The van der Waals surface area contributed by atoms with Gasteiger partial charge in [-0.05, 0) is 56.5 Å². The Morgan fingerprint density at radius 1 is 1.17 bits per heavy atom. The maximum absolute atomic E-state index is 12.8. The number of esters is 1. The topological polar surface area (TPSA) is 49.9 Å². The Balaban J connectivity index is 1.69. The van der Waals surface area contributed by atoms with E-state index < -0.39 is 0 Å². The van der Waals surface area contributed by atoms with Crippen LogP contribution in [0.15, 0.2) is 18.2 Å². The first kappa shape index (κ1) is 17.0. The summed E-state index contributed by atoms with van der Waals surface area (Å²) in [5, 5.41) is 0. The summed E-state index contributed by atoms with van der Waals surface area (Å²) in [6, 6.07) is 6.08. The van der Waals surface area contributed by atoms with Crippen LogP contribution in [0.4, 0.5) is 0 Å². The average molecular weight is 330 g/mol. The highest BCUT2D eigenvalue weighted by Gasteiger charge is 2.32. The monoisotopic (exact) mass is 330 g/mol. The summed E-state index contributed by atoms with van der Waals surface area (Å²) in [6.45, 7) is 5.39. The molecule has 1 aromatic rings. The lowest BCUT2D eigenvalue weighted by Crippen LogP contribution is -2.30. The number of rotatable bonds is 3. The van der Waals surface area contributed by atoms with Crippen LogP contribution in [0.2, 0.25) is 0 Å². The van der Waals surface area contributed by atoms with Gasteiger partial charge < -0.3 is 14.5 Å². The minimum Gasteiger partial charge on any atom is -0.466 e. The molecule has 0 N–H and O–H groups in total. The van der Waals surface area contributed by atoms with E-state index in [-0.39, 0.29) is 17.8 Å². The van der Waals surface area contributed by atoms with Crippen molar-refractivity contribution in [2.24, 2.45) is 5.92 Å². The number of amides is 1. The largest absolute Gasteiger partial charge is 0.466 e. The van der Waals surface area contributed by atoms with Gasteiger partial charge in [-0.2, -0.15) is 0 Å². The molecular formula is C19H26N2O3. The average Bonchev–Trinajstić information content (AvgIpc) is 3.00. The fraction of sp³-hybridized carbons (Fsp3) is 0.579. The van der Waals surface area contributed by atoms with E-state index in [1.54, 1.807) is 4.90 Å². The zero-order valence-corrected chi connectivity index (χ0v) is 14.6. The molecule has 0 saturated carbocycles. The van der Waals surface area contributed by atoms with Crippen LogP contribution in [0.25, 0.3) is 0 Å². The Labute approximate surface area is 143 Å². The predicted molar refractivity (Wildman–Crippen MR) is 92.0 cm³/mol. The third-order valence-corrected chi connectivity index (χ3v) is 5.07. The first-order valence-corrected chi connectivity index (χ1v) is 8.84. The molecule has 0 radical (unpaired) electrons. The Morgan fingerprint density at radius 2 is 1.92 bits per heavy atom. The third-order valence-electron chi connectivity index (χ3n) is 5.07. The second-order valence-electron chi connectivity index (χ2n) is 6.78. The maximum Gasteiger partial charge on any atom is 0.310 e. The van der Waals surface area contributed by atoms with Gasteiger partial charge in [0.05, 0.1) is 12.5 Å². The van der Waals surface area contributed by atoms with Gasteiger partial charge >= 0.3 is 5.97 Å². The molecule has 0 aliphatic carbocycles. The molecule has 5 nitrogen and oxygen atoms in total. The summed E-state index contributed by atoms with van der Waals surface area (Å²) in [7, 11) is 2.14.